The minimum atomic E-state index is -0.0235. The molecule has 12 aromatic rings. The molecule has 0 spiro atoms. The van der Waals surface area contributed by atoms with E-state index in [9.17, 15) is 0 Å². The Morgan fingerprint density at radius 2 is 0.880 bits per heavy atom. The summed E-state index contributed by atoms with van der Waals surface area (Å²) in [5, 5.41) is 8.80. The summed E-state index contributed by atoms with van der Waals surface area (Å²) in [7, 11) is 0. The fourth-order valence-corrected chi connectivity index (χ4v) is 9.05. The molecule has 6 aromatic carbocycles. The van der Waals surface area contributed by atoms with E-state index in [2.05, 4.69) is 116 Å². The average molecular weight is 1200 g/mol. The molecule has 0 N–H and O–H groups in total. The van der Waals surface area contributed by atoms with Crippen molar-refractivity contribution < 1.29 is 0 Å². The zero-order valence-electron chi connectivity index (χ0n) is 41.3. The molecule has 0 aliphatic heterocycles. The second-order valence-electron chi connectivity index (χ2n) is 16.8. The first-order valence-electron chi connectivity index (χ1n) is 24.3. The molecule has 6 heterocycles. The Morgan fingerprint density at radius 3 is 1.39 bits per heavy atom. The molecular weight excluding hydrogens is 1140 g/mol. The molecule has 1 unspecified atom stereocenters. The summed E-state index contributed by atoms with van der Waals surface area (Å²) in [6.07, 6.45) is 5.44. The summed E-state index contributed by atoms with van der Waals surface area (Å²) < 4.78 is 0. The number of hydrogen-bond acceptors (Lipinski definition) is 6. The number of hydrogen-bond donors (Lipinski definition) is 0. The second kappa shape index (κ2) is 30.5. The first-order valence-corrected chi connectivity index (χ1v) is 28.6. The Morgan fingerprint density at radius 1 is 0.427 bits per heavy atom. The highest BCUT2D eigenvalue weighted by Gasteiger charge is 2.04. The van der Waals surface area contributed by atoms with Gasteiger partial charge in [0.1, 0.15) is 0 Å². The highest BCUT2D eigenvalue weighted by molar-refractivity contribution is 9.09. The molecule has 1 atom stereocenters. The number of para-hydroxylation sites is 6. The number of rotatable bonds is 8. The lowest BCUT2D eigenvalue weighted by Crippen LogP contribution is -1.90. The van der Waals surface area contributed by atoms with Gasteiger partial charge in [0.05, 0.1) is 49.9 Å². The van der Waals surface area contributed by atoms with E-state index in [1.54, 1.807) is 6.20 Å². The third-order valence-corrected chi connectivity index (χ3v) is 13.5. The van der Waals surface area contributed by atoms with Gasteiger partial charge in [0.25, 0.3) is 0 Å². The van der Waals surface area contributed by atoms with Crippen LogP contribution in [0.2, 0.25) is 0 Å². The van der Waals surface area contributed by atoms with E-state index >= 15 is 0 Å². The summed E-state index contributed by atoms with van der Waals surface area (Å²) in [6.45, 7) is 1.93. The van der Waals surface area contributed by atoms with Gasteiger partial charge < -0.3 is 0 Å². The molecule has 0 saturated heterocycles. The maximum Gasteiger partial charge on any atom is 0.0729 e. The Labute approximate surface area is 475 Å². The summed E-state index contributed by atoms with van der Waals surface area (Å²) in [6, 6.07) is 69.0. The predicted molar refractivity (Wildman–Crippen MR) is 328 cm³/mol. The fourth-order valence-electron chi connectivity index (χ4n) is 7.64. The highest BCUT2D eigenvalue weighted by Crippen LogP contribution is 2.21. The van der Waals surface area contributed by atoms with E-state index in [-0.39, 0.29) is 5.38 Å². The van der Waals surface area contributed by atoms with Gasteiger partial charge in [-0.1, -0.05) is 165 Å². The number of alkyl halides is 6. The van der Waals surface area contributed by atoms with Crippen LogP contribution in [-0.4, -0.2) is 41.1 Å². The van der Waals surface area contributed by atoms with Crippen LogP contribution in [0.4, 0.5) is 0 Å². The van der Waals surface area contributed by atoms with Crippen molar-refractivity contribution in [3.8, 4) is 0 Å². The van der Waals surface area contributed by atoms with Crippen LogP contribution >= 0.6 is 78.3 Å². The van der Waals surface area contributed by atoms with E-state index < -0.39 is 0 Å². The molecular formula is C63H54Br2Cl4N6. The van der Waals surface area contributed by atoms with Crippen molar-refractivity contribution in [2.75, 3.05) is 11.2 Å². The van der Waals surface area contributed by atoms with E-state index in [1.165, 1.54) is 16.2 Å². The number of aromatic nitrogens is 6. The standard InChI is InChI=1S/C11H10BrN.2C11H10ClN.C10H8BrN.2C10H8ClN/c12-8-7-10-6-5-9-3-1-2-4-11(9)13-10;1-8(12)10-7-6-9-4-2-3-5-11(9)13-10;12-8-7-10-6-5-9-3-1-2-4-11(9)13-10;11-7-9-6-5-8-3-1-2-4-10(8)12-9;11-6-8-5-9-3-1-2-4-10(9)12-7-8;11-7-8-5-6-12-10-4-2-1-3-9(8)10/h1-6H,7-8H2;2-8H,1H3;1-6H,7-8H2;1-6H,7H2;1-5,7H,6H2;1-6H,7H2. The van der Waals surface area contributed by atoms with Crippen LogP contribution in [0.25, 0.3) is 65.4 Å². The molecule has 6 aromatic heterocycles. The van der Waals surface area contributed by atoms with Gasteiger partial charge in [-0.15, -0.1) is 46.4 Å². The number of halogens is 6. The molecule has 0 fully saturated rings. The van der Waals surface area contributed by atoms with Gasteiger partial charge in [0.2, 0.25) is 0 Å². The summed E-state index contributed by atoms with van der Waals surface area (Å²) in [5.41, 5.74) is 12.7. The molecule has 75 heavy (non-hydrogen) atoms. The molecule has 378 valence electrons. The van der Waals surface area contributed by atoms with Crippen LogP contribution in [0.1, 0.15) is 46.2 Å². The van der Waals surface area contributed by atoms with Crippen LogP contribution in [-0.2, 0) is 29.9 Å². The van der Waals surface area contributed by atoms with Crippen molar-refractivity contribution in [3.63, 3.8) is 0 Å². The lowest BCUT2D eigenvalue weighted by molar-refractivity contribution is 1.01. The molecule has 12 heteroatoms. The lowest BCUT2D eigenvalue weighted by atomic mass is 10.1. The van der Waals surface area contributed by atoms with Crippen LogP contribution in [0.3, 0.4) is 0 Å². The van der Waals surface area contributed by atoms with Gasteiger partial charge >= 0.3 is 0 Å². The fraction of sp³-hybridized carbons (Fsp3) is 0.143. The van der Waals surface area contributed by atoms with E-state index in [0.717, 1.165) is 107 Å². The SMILES string of the molecule is BrCCc1ccc2ccccc2n1.BrCc1ccc2ccccc2n1.CC(Cl)c1ccc2ccccc2n1.ClCCc1ccc2ccccc2n1.ClCc1ccnc2ccccc12.ClCc1cnc2ccccc2c1. The van der Waals surface area contributed by atoms with Crippen LogP contribution in [0.15, 0.2) is 219 Å². The number of fused-ring (bicyclic) bond motifs is 6. The van der Waals surface area contributed by atoms with Gasteiger partial charge in [0.15, 0.2) is 0 Å². The Kier molecular flexibility index (Phi) is 23.0. The first-order chi connectivity index (χ1) is 36.8. The topological polar surface area (TPSA) is 77.3 Å². The molecule has 0 bridgehead atoms. The smallest absolute Gasteiger partial charge is 0.0729 e. The number of pyridine rings is 6. The maximum atomic E-state index is 5.94. The first kappa shape index (κ1) is 56.6. The molecule has 0 aliphatic rings. The lowest BCUT2D eigenvalue weighted by Gasteiger charge is -2.03. The quantitative estimate of drug-likeness (QED) is 0.141. The minimum Gasteiger partial charge on any atom is -0.256 e. The zero-order chi connectivity index (χ0) is 52.6. The minimum absolute atomic E-state index is 0.0235. The summed E-state index contributed by atoms with van der Waals surface area (Å²) in [5.74, 6) is 1.70. The number of aryl methyl sites for hydroxylation is 2. The normalized spacial score (nSPS) is 10.9. The molecule has 0 aliphatic carbocycles. The molecule has 12 rings (SSSR count). The van der Waals surface area contributed by atoms with Crippen LogP contribution in [0.5, 0.6) is 0 Å². The van der Waals surface area contributed by atoms with Crippen molar-refractivity contribution in [3.05, 3.63) is 253 Å². The third kappa shape index (κ3) is 17.2. The monoisotopic (exact) mass is 1190 g/mol. The Hall–Kier alpha value is -6.10. The van der Waals surface area contributed by atoms with Gasteiger partial charge in [-0.05, 0) is 97.3 Å². The number of nitrogens with zero attached hydrogens (tertiary/aromatic N) is 6. The maximum absolute atomic E-state index is 5.94. The van der Waals surface area contributed by atoms with Crippen LogP contribution < -0.4 is 0 Å². The summed E-state index contributed by atoms with van der Waals surface area (Å²) >= 11 is 29.8. The van der Waals surface area contributed by atoms with Gasteiger partial charge in [-0.3, -0.25) is 29.9 Å². The van der Waals surface area contributed by atoms with Crippen LogP contribution in [0, 0.1) is 0 Å². The zero-order valence-corrected chi connectivity index (χ0v) is 47.5. The number of benzene rings is 6. The van der Waals surface area contributed by atoms with Crippen molar-refractivity contribution in [2.45, 2.75) is 42.2 Å². The van der Waals surface area contributed by atoms with Gasteiger partial charge in [-0.25, -0.2) is 0 Å². The predicted octanol–water partition coefficient (Wildman–Crippen LogP) is 18.8. The van der Waals surface area contributed by atoms with Gasteiger partial charge in [0, 0.05) is 90.8 Å². The van der Waals surface area contributed by atoms with Crippen molar-refractivity contribution >= 4 is 144 Å². The van der Waals surface area contributed by atoms with Crippen molar-refractivity contribution in [1.29, 1.82) is 0 Å². The van der Waals surface area contributed by atoms with Gasteiger partial charge in [-0.2, -0.15) is 0 Å². The van der Waals surface area contributed by atoms with E-state index in [4.69, 9.17) is 46.4 Å². The van der Waals surface area contributed by atoms with Crippen molar-refractivity contribution in [1.82, 2.24) is 29.9 Å². The molecule has 0 saturated carbocycles. The Balaban J connectivity index is 0.000000131. The largest absolute Gasteiger partial charge is 0.256 e. The Bertz CT molecular complexity index is 3520. The molecule has 0 radical (unpaired) electrons. The van der Waals surface area contributed by atoms with E-state index in [1.807, 2.05) is 165 Å². The second-order valence-corrected chi connectivity index (χ2v) is 19.8. The average Bonchev–Trinajstić information content (AvgIpc) is 3.47. The highest BCUT2D eigenvalue weighted by atomic mass is 79.9. The van der Waals surface area contributed by atoms with E-state index in [0.29, 0.717) is 17.6 Å². The third-order valence-electron chi connectivity index (χ3n) is 11.5. The summed E-state index contributed by atoms with van der Waals surface area (Å²) in [4.78, 5) is 26.4. The molecule has 0 amide bonds. The molecule has 6 nitrogen and oxygen atoms in total. The van der Waals surface area contributed by atoms with Crippen molar-refractivity contribution in [2.24, 2.45) is 0 Å².